The van der Waals surface area contributed by atoms with Crippen LogP contribution >= 0.6 is 15.9 Å². The molecule has 1 aliphatic heterocycles. The highest BCUT2D eigenvalue weighted by Gasteiger charge is 2.24. The summed E-state index contributed by atoms with van der Waals surface area (Å²) in [6.45, 7) is 5.05. The topological polar surface area (TPSA) is 41.6 Å². The van der Waals surface area contributed by atoms with Crippen molar-refractivity contribution in [2.75, 3.05) is 26.7 Å². The number of nitrogens with one attached hydrogen (secondary N) is 1. The molecule has 0 radical (unpaired) electrons. The highest BCUT2D eigenvalue weighted by Crippen LogP contribution is 2.26. The first-order valence-electron chi connectivity index (χ1n) is 8.48. The average Bonchev–Trinajstić information content (AvgIpc) is 2.58. The maximum Gasteiger partial charge on any atom is 0.223 e. The molecule has 1 fully saturated rings. The molecule has 1 heterocycles. The van der Waals surface area contributed by atoms with Gasteiger partial charge in [0.2, 0.25) is 5.91 Å². The van der Waals surface area contributed by atoms with Crippen molar-refractivity contribution in [2.24, 2.45) is 0 Å². The number of halogens is 1. The number of piperidine rings is 1. The zero-order chi connectivity index (χ0) is 16.7. The van der Waals surface area contributed by atoms with Crippen LogP contribution in [0, 0.1) is 0 Å². The van der Waals surface area contributed by atoms with E-state index in [0.717, 1.165) is 61.1 Å². The van der Waals surface area contributed by atoms with Crippen molar-refractivity contribution >= 4 is 21.8 Å². The molecule has 0 aliphatic carbocycles. The summed E-state index contributed by atoms with van der Waals surface area (Å²) in [5.74, 6) is 1.10. The van der Waals surface area contributed by atoms with Gasteiger partial charge in [-0.15, -0.1) is 0 Å². The number of carbonyl (C=O) groups is 1. The normalized spacial score (nSPS) is 15.4. The third kappa shape index (κ3) is 5.21. The zero-order valence-corrected chi connectivity index (χ0v) is 15.7. The van der Waals surface area contributed by atoms with Crippen LogP contribution in [0.4, 0.5) is 0 Å². The van der Waals surface area contributed by atoms with Gasteiger partial charge in [0, 0.05) is 19.0 Å². The number of carbonyl (C=O) groups excluding carboxylic acids is 1. The summed E-state index contributed by atoms with van der Waals surface area (Å²) in [5, 5.41) is 3.37. The van der Waals surface area contributed by atoms with E-state index in [2.05, 4.69) is 33.1 Å². The van der Waals surface area contributed by atoms with Crippen LogP contribution in [0.1, 0.15) is 38.2 Å². The molecule has 23 heavy (non-hydrogen) atoms. The second kappa shape index (κ2) is 9.28. The molecule has 1 aliphatic rings. The molecule has 5 heteroatoms. The summed E-state index contributed by atoms with van der Waals surface area (Å²) in [6.07, 6.45) is 4.50. The summed E-state index contributed by atoms with van der Waals surface area (Å²) >= 11 is 3.50. The molecule has 0 atom stereocenters. The summed E-state index contributed by atoms with van der Waals surface area (Å²) in [7, 11) is 1.66. The maximum absolute atomic E-state index is 12.7. The largest absolute Gasteiger partial charge is 0.496 e. The van der Waals surface area contributed by atoms with Crippen LogP contribution in [0.5, 0.6) is 5.75 Å². The first kappa shape index (κ1) is 18.3. The standard InChI is InChI=1S/C18H27BrN2O2/c1-3-12-21(15-8-10-20-11-9-15)18(22)7-5-14-4-6-17(23-2)16(19)13-14/h4,6,13,15,20H,3,5,7-12H2,1-2H3. The van der Waals surface area contributed by atoms with Crippen LogP contribution in [0.2, 0.25) is 0 Å². The van der Waals surface area contributed by atoms with Crippen molar-refractivity contribution in [2.45, 2.75) is 45.1 Å². The Kier molecular flexibility index (Phi) is 7.37. The quantitative estimate of drug-likeness (QED) is 0.785. The third-order valence-electron chi connectivity index (χ3n) is 4.38. The third-order valence-corrected chi connectivity index (χ3v) is 5.00. The van der Waals surface area contributed by atoms with Crippen molar-refractivity contribution in [3.8, 4) is 5.75 Å². The van der Waals surface area contributed by atoms with Crippen LogP contribution in [-0.2, 0) is 11.2 Å². The number of methoxy groups -OCH3 is 1. The molecule has 2 rings (SSSR count). The molecule has 128 valence electrons. The van der Waals surface area contributed by atoms with E-state index in [9.17, 15) is 4.79 Å². The minimum Gasteiger partial charge on any atom is -0.496 e. The van der Waals surface area contributed by atoms with Gasteiger partial charge in [0.05, 0.1) is 11.6 Å². The van der Waals surface area contributed by atoms with E-state index in [1.807, 2.05) is 18.2 Å². The molecule has 1 aromatic rings. The lowest BCUT2D eigenvalue weighted by Crippen LogP contribution is -2.46. The number of nitrogens with zero attached hydrogens (tertiary/aromatic N) is 1. The predicted octanol–water partition coefficient (Wildman–Crippen LogP) is 3.38. The van der Waals surface area contributed by atoms with E-state index in [-0.39, 0.29) is 5.91 Å². The molecule has 0 bridgehead atoms. The second-order valence-electron chi connectivity index (χ2n) is 6.04. The lowest BCUT2D eigenvalue weighted by Gasteiger charge is -2.34. The number of hydrogen-bond acceptors (Lipinski definition) is 3. The van der Waals surface area contributed by atoms with E-state index in [1.165, 1.54) is 0 Å². The molecule has 0 unspecified atom stereocenters. The number of ether oxygens (including phenoxy) is 1. The number of rotatable bonds is 7. The van der Waals surface area contributed by atoms with Crippen LogP contribution in [0.3, 0.4) is 0 Å². The number of hydrogen-bond donors (Lipinski definition) is 1. The average molecular weight is 383 g/mol. The lowest BCUT2D eigenvalue weighted by atomic mass is 10.0. The Labute approximate surface area is 147 Å². The van der Waals surface area contributed by atoms with Gasteiger partial charge in [-0.1, -0.05) is 13.0 Å². The zero-order valence-electron chi connectivity index (χ0n) is 14.1. The van der Waals surface area contributed by atoms with Crippen molar-refractivity contribution in [1.29, 1.82) is 0 Å². The summed E-state index contributed by atoms with van der Waals surface area (Å²) in [4.78, 5) is 14.8. The first-order valence-corrected chi connectivity index (χ1v) is 9.27. The smallest absolute Gasteiger partial charge is 0.223 e. The van der Waals surface area contributed by atoms with Gasteiger partial charge in [0.1, 0.15) is 5.75 Å². The molecule has 4 nitrogen and oxygen atoms in total. The molecule has 0 spiro atoms. The predicted molar refractivity (Wildman–Crippen MR) is 96.9 cm³/mol. The van der Waals surface area contributed by atoms with Gasteiger partial charge < -0.3 is 15.0 Å². The van der Waals surface area contributed by atoms with Crippen molar-refractivity contribution in [3.63, 3.8) is 0 Å². The van der Waals surface area contributed by atoms with E-state index in [0.29, 0.717) is 12.5 Å². The highest BCUT2D eigenvalue weighted by molar-refractivity contribution is 9.10. The Morgan fingerprint density at radius 1 is 1.39 bits per heavy atom. The Balaban J connectivity index is 1.94. The van der Waals surface area contributed by atoms with Crippen LogP contribution in [0.15, 0.2) is 22.7 Å². The maximum atomic E-state index is 12.7. The molecule has 1 aromatic carbocycles. The minimum absolute atomic E-state index is 0.283. The van der Waals surface area contributed by atoms with Crippen molar-refractivity contribution in [1.82, 2.24) is 10.2 Å². The SMILES string of the molecule is CCCN(C(=O)CCc1ccc(OC)c(Br)c1)C1CCNCC1. The molecule has 1 saturated heterocycles. The molecule has 1 N–H and O–H groups in total. The van der Waals surface area contributed by atoms with E-state index in [4.69, 9.17) is 4.74 Å². The molecule has 1 amide bonds. The summed E-state index contributed by atoms with van der Waals surface area (Å²) in [5.41, 5.74) is 1.16. The van der Waals surface area contributed by atoms with Gasteiger partial charge in [-0.05, 0) is 72.4 Å². The van der Waals surface area contributed by atoms with Crippen molar-refractivity contribution in [3.05, 3.63) is 28.2 Å². The van der Waals surface area contributed by atoms with Gasteiger partial charge in [-0.2, -0.15) is 0 Å². The van der Waals surface area contributed by atoms with Gasteiger partial charge in [-0.3, -0.25) is 4.79 Å². The van der Waals surface area contributed by atoms with Crippen molar-refractivity contribution < 1.29 is 9.53 Å². The molecule has 0 aromatic heterocycles. The van der Waals surface area contributed by atoms with Gasteiger partial charge in [0.25, 0.3) is 0 Å². The molecular formula is C18H27BrN2O2. The van der Waals surface area contributed by atoms with Crippen LogP contribution in [0.25, 0.3) is 0 Å². The minimum atomic E-state index is 0.283. The Hall–Kier alpha value is -1.07. The number of amides is 1. The van der Waals surface area contributed by atoms with Gasteiger partial charge in [-0.25, -0.2) is 0 Å². The van der Waals surface area contributed by atoms with Gasteiger partial charge in [0.15, 0.2) is 0 Å². The Morgan fingerprint density at radius 3 is 2.74 bits per heavy atom. The fourth-order valence-corrected chi connectivity index (χ4v) is 3.72. The van der Waals surface area contributed by atoms with E-state index >= 15 is 0 Å². The fourth-order valence-electron chi connectivity index (χ4n) is 3.13. The highest BCUT2D eigenvalue weighted by atomic mass is 79.9. The summed E-state index contributed by atoms with van der Waals surface area (Å²) in [6, 6.07) is 6.43. The number of aryl methyl sites for hydroxylation is 1. The second-order valence-corrected chi connectivity index (χ2v) is 6.89. The van der Waals surface area contributed by atoms with Crippen LogP contribution < -0.4 is 10.1 Å². The first-order chi connectivity index (χ1) is 11.2. The Morgan fingerprint density at radius 2 is 2.13 bits per heavy atom. The summed E-state index contributed by atoms with van der Waals surface area (Å²) < 4.78 is 6.19. The Bertz CT molecular complexity index is 516. The number of benzene rings is 1. The molecule has 0 saturated carbocycles. The van der Waals surface area contributed by atoms with E-state index < -0.39 is 0 Å². The van der Waals surface area contributed by atoms with Crippen LogP contribution in [-0.4, -0.2) is 43.6 Å². The van der Waals surface area contributed by atoms with Gasteiger partial charge >= 0.3 is 0 Å². The monoisotopic (exact) mass is 382 g/mol. The molecular weight excluding hydrogens is 356 g/mol. The lowest BCUT2D eigenvalue weighted by molar-refractivity contribution is -0.134. The fraction of sp³-hybridized carbons (Fsp3) is 0.611. The van der Waals surface area contributed by atoms with E-state index in [1.54, 1.807) is 7.11 Å².